The summed E-state index contributed by atoms with van der Waals surface area (Å²) in [6, 6.07) is 14.8. The topological polar surface area (TPSA) is 69.8 Å². The van der Waals surface area contributed by atoms with E-state index in [1.54, 1.807) is 16.1 Å². The number of hydrogen-bond donors (Lipinski definition) is 1. The highest BCUT2D eigenvalue weighted by Crippen LogP contribution is 2.38. The van der Waals surface area contributed by atoms with Crippen molar-refractivity contribution < 1.29 is 27.5 Å². The summed E-state index contributed by atoms with van der Waals surface area (Å²) in [7, 11) is 0. The van der Waals surface area contributed by atoms with Gasteiger partial charge in [-0.2, -0.15) is 13.2 Å². The fourth-order valence-corrected chi connectivity index (χ4v) is 4.83. The molecule has 2 atom stereocenters. The zero-order valence-electron chi connectivity index (χ0n) is 19.0. The number of amides is 2. The van der Waals surface area contributed by atoms with Gasteiger partial charge in [-0.1, -0.05) is 42.5 Å². The molecule has 0 bridgehead atoms. The second-order valence-corrected chi connectivity index (χ2v) is 9.34. The number of urea groups is 1. The van der Waals surface area contributed by atoms with E-state index in [-0.39, 0.29) is 31.0 Å². The van der Waals surface area contributed by atoms with E-state index < -0.39 is 17.8 Å². The number of aromatic nitrogens is 1. The van der Waals surface area contributed by atoms with Crippen LogP contribution < -0.4 is 0 Å². The normalized spacial score (nSPS) is 21.1. The molecule has 5 rings (SSSR count). The number of alkyl halides is 3. The lowest BCUT2D eigenvalue weighted by Gasteiger charge is -2.43. The summed E-state index contributed by atoms with van der Waals surface area (Å²) in [5, 5.41) is 9.61. The van der Waals surface area contributed by atoms with E-state index in [1.165, 1.54) is 12.1 Å². The third-order valence-corrected chi connectivity index (χ3v) is 6.71. The highest BCUT2D eigenvalue weighted by molar-refractivity contribution is 5.75. The van der Waals surface area contributed by atoms with Gasteiger partial charge in [-0.05, 0) is 29.7 Å². The summed E-state index contributed by atoms with van der Waals surface area (Å²) in [5.41, 5.74) is 1.92. The van der Waals surface area contributed by atoms with Crippen molar-refractivity contribution in [3.05, 3.63) is 89.1 Å². The molecule has 2 fully saturated rings. The summed E-state index contributed by atoms with van der Waals surface area (Å²) in [5.74, 6) is 0.153. The fourth-order valence-electron chi connectivity index (χ4n) is 4.83. The molecular weight excluding hydrogens is 459 g/mol. The first-order valence-corrected chi connectivity index (χ1v) is 11.6. The molecule has 2 aliphatic heterocycles. The van der Waals surface area contributed by atoms with Crippen LogP contribution in [-0.2, 0) is 12.6 Å². The maximum atomic E-state index is 13.1. The number of aliphatic hydroxyl groups excluding tert-OH is 1. The highest BCUT2D eigenvalue weighted by atomic mass is 19.4. The van der Waals surface area contributed by atoms with E-state index in [0.29, 0.717) is 31.8 Å². The Balaban J connectivity index is 1.37. The van der Waals surface area contributed by atoms with Crippen molar-refractivity contribution in [3.8, 4) is 0 Å². The molecular formula is C26H26F3N3O3. The minimum atomic E-state index is -4.40. The van der Waals surface area contributed by atoms with Crippen molar-refractivity contribution in [2.24, 2.45) is 0 Å². The van der Waals surface area contributed by atoms with Crippen LogP contribution >= 0.6 is 0 Å². The smallest absolute Gasteiger partial charge is 0.416 e. The Bertz CT molecular complexity index is 1160. The number of benzene rings is 2. The number of carbonyl (C=O) groups is 1. The van der Waals surface area contributed by atoms with Crippen molar-refractivity contribution in [1.29, 1.82) is 0 Å². The van der Waals surface area contributed by atoms with Gasteiger partial charge in [-0.3, -0.25) is 0 Å². The number of aliphatic hydroxyl groups is 1. The number of halogens is 3. The lowest BCUT2D eigenvalue weighted by molar-refractivity contribution is -0.137. The van der Waals surface area contributed by atoms with Crippen LogP contribution in [0.2, 0.25) is 0 Å². The minimum absolute atomic E-state index is 0.171. The van der Waals surface area contributed by atoms with Gasteiger partial charge < -0.3 is 19.3 Å². The molecule has 0 saturated carbocycles. The summed E-state index contributed by atoms with van der Waals surface area (Å²) in [6.45, 7) is 1.34. The second kappa shape index (κ2) is 9.37. The number of rotatable bonds is 4. The lowest BCUT2D eigenvalue weighted by Crippen LogP contribution is -2.59. The molecule has 2 unspecified atom stereocenters. The molecule has 0 spiro atoms. The van der Waals surface area contributed by atoms with Crippen LogP contribution in [0.25, 0.3) is 0 Å². The van der Waals surface area contributed by atoms with Gasteiger partial charge in [0.25, 0.3) is 0 Å². The van der Waals surface area contributed by atoms with Gasteiger partial charge in [0.2, 0.25) is 0 Å². The summed E-state index contributed by atoms with van der Waals surface area (Å²) in [6.07, 6.45) is -2.07. The van der Waals surface area contributed by atoms with E-state index in [1.807, 2.05) is 30.3 Å². The van der Waals surface area contributed by atoms with Crippen molar-refractivity contribution in [3.63, 3.8) is 0 Å². The number of β-amino-alcohol motifs (C(OH)–C–C–N with tert-alkyl or cyclic N) is 1. The Labute approximate surface area is 201 Å². The lowest BCUT2D eigenvalue weighted by atomic mass is 9.84. The standard InChI is InChI=1S/C26H26F3N3O3/c27-26(28,29)21-8-6-18(7-9-21)19-11-20(13-31(12-19)25(34)32-14-23(33)15-32)24-30-22(16-35-24)10-17-4-2-1-3-5-17/h1-9,16,19-20,23,33H,10-15H2. The first-order valence-electron chi connectivity index (χ1n) is 11.6. The predicted octanol–water partition coefficient (Wildman–Crippen LogP) is 4.65. The number of piperidine rings is 1. The molecule has 0 aliphatic carbocycles. The second-order valence-electron chi connectivity index (χ2n) is 9.34. The molecule has 9 heteroatoms. The van der Waals surface area contributed by atoms with E-state index in [4.69, 9.17) is 4.42 Å². The van der Waals surface area contributed by atoms with Gasteiger partial charge >= 0.3 is 12.2 Å². The van der Waals surface area contributed by atoms with Crippen LogP contribution in [-0.4, -0.2) is 58.2 Å². The largest absolute Gasteiger partial charge is 0.448 e. The van der Waals surface area contributed by atoms with Crippen molar-refractivity contribution in [2.45, 2.75) is 37.0 Å². The van der Waals surface area contributed by atoms with Crippen LogP contribution in [0.1, 0.15) is 46.5 Å². The van der Waals surface area contributed by atoms with Crippen LogP contribution in [0, 0.1) is 0 Å². The molecule has 2 aliphatic rings. The molecule has 184 valence electrons. The quantitative estimate of drug-likeness (QED) is 0.584. The molecule has 2 aromatic carbocycles. The Kier molecular flexibility index (Phi) is 6.27. The number of carbonyl (C=O) groups excluding carboxylic acids is 1. The Morgan fingerprint density at radius 3 is 2.29 bits per heavy atom. The Morgan fingerprint density at radius 2 is 1.63 bits per heavy atom. The van der Waals surface area contributed by atoms with Crippen molar-refractivity contribution in [1.82, 2.24) is 14.8 Å². The monoisotopic (exact) mass is 485 g/mol. The number of hydrogen-bond acceptors (Lipinski definition) is 4. The number of nitrogens with zero attached hydrogens (tertiary/aromatic N) is 3. The van der Waals surface area contributed by atoms with Gasteiger partial charge in [-0.15, -0.1) is 0 Å². The van der Waals surface area contributed by atoms with Gasteiger partial charge in [-0.25, -0.2) is 9.78 Å². The van der Waals surface area contributed by atoms with Gasteiger partial charge in [0.05, 0.1) is 36.4 Å². The summed E-state index contributed by atoms with van der Waals surface area (Å²) >= 11 is 0. The molecule has 2 saturated heterocycles. The number of oxazole rings is 1. The average Bonchev–Trinajstić information content (AvgIpc) is 3.30. The van der Waals surface area contributed by atoms with E-state index in [9.17, 15) is 23.1 Å². The SMILES string of the molecule is O=C(N1CC(O)C1)N1CC(c2ccc(C(F)(F)F)cc2)CC(c2nc(Cc3ccccc3)co2)C1. The van der Waals surface area contributed by atoms with Crippen LogP contribution in [0.4, 0.5) is 18.0 Å². The fraction of sp³-hybridized carbons (Fsp3) is 0.385. The minimum Gasteiger partial charge on any atom is -0.448 e. The van der Waals surface area contributed by atoms with E-state index in [2.05, 4.69) is 4.98 Å². The number of likely N-dealkylation sites (tertiary alicyclic amines) is 2. The van der Waals surface area contributed by atoms with Gasteiger partial charge in [0, 0.05) is 25.4 Å². The summed E-state index contributed by atoms with van der Waals surface area (Å²) in [4.78, 5) is 21.0. The molecule has 0 radical (unpaired) electrons. The van der Waals surface area contributed by atoms with Crippen molar-refractivity contribution in [2.75, 3.05) is 26.2 Å². The zero-order chi connectivity index (χ0) is 24.6. The molecule has 6 nitrogen and oxygen atoms in total. The average molecular weight is 486 g/mol. The molecule has 35 heavy (non-hydrogen) atoms. The van der Waals surface area contributed by atoms with E-state index in [0.717, 1.165) is 29.0 Å². The molecule has 3 heterocycles. The Morgan fingerprint density at radius 1 is 0.971 bits per heavy atom. The van der Waals surface area contributed by atoms with E-state index >= 15 is 0 Å². The molecule has 1 N–H and O–H groups in total. The zero-order valence-corrected chi connectivity index (χ0v) is 19.0. The first kappa shape index (κ1) is 23.4. The molecule has 2 amide bonds. The Hall–Kier alpha value is -3.33. The summed E-state index contributed by atoms with van der Waals surface area (Å²) < 4.78 is 44.9. The predicted molar refractivity (Wildman–Crippen MR) is 122 cm³/mol. The molecule has 3 aromatic rings. The van der Waals surface area contributed by atoms with Crippen molar-refractivity contribution >= 4 is 6.03 Å². The van der Waals surface area contributed by atoms with Gasteiger partial charge in [0.1, 0.15) is 6.26 Å². The molecule has 1 aromatic heterocycles. The van der Waals surface area contributed by atoms with Crippen LogP contribution in [0.15, 0.2) is 65.3 Å². The van der Waals surface area contributed by atoms with Gasteiger partial charge in [0.15, 0.2) is 5.89 Å². The van der Waals surface area contributed by atoms with Crippen LogP contribution in [0.5, 0.6) is 0 Å². The first-order chi connectivity index (χ1) is 16.8. The third-order valence-electron chi connectivity index (χ3n) is 6.71. The highest BCUT2D eigenvalue weighted by Gasteiger charge is 2.39. The third kappa shape index (κ3) is 5.19. The maximum Gasteiger partial charge on any atom is 0.416 e. The van der Waals surface area contributed by atoms with Crippen LogP contribution in [0.3, 0.4) is 0 Å². The maximum absolute atomic E-state index is 13.1.